The average Bonchev–Trinajstić information content (AvgIpc) is 2.71. The van der Waals surface area contributed by atoms with Crippen molar-refractivity contribution in [1.82, 2.24) is 4.90 Å². The number of ketones is 1. The van der Waals surface area contributed by atoms with E-state index in [0.29, 0.717) is 5.78 Å². The van der Waals surface area contributed by atoms with Gasteiger partial charge in [0.25, 0.3) is 0 Å². The minimum atomic E-state index is 0.159. The van der Waals surface area contributed by atoms with Gasteiger partial charge in [0.15, 0.2) is 5.78 Å². The molecular formula is C16H21NO2. The van der Waals surface area contributed by atoms with Crippen molar-refractivity contribution in [2.75, 3.05) is 27.7 Å². The number of hydrogen-bond acceptors (Lipinski definition) is 3. The normalized spacial score (nSPS) is 21.4. The predicted molar refractivity (Wildman–Crippen MR) is 77.3 cm³/mol. The number of rotatable bonds is 4. The van der Waals surface area contributed by atoms with Crippen molar-refractivity contribution < 1.29 is 9.53 Å². The molecule has 102 valence electrons. The van der Waals surface area contributed by atoms with Crippen LogP contribution in [0.1, 0.15) is 18.4 Å². The van der Waals surface area contributed by atoms with Crippen LogP contribution < -0.4 is 4.74 Å². The van der Waals surface area contributed by atoms with Crippen LogP contribution in [0, 0.1) is 5.92 Å². The second-order valence-corrected chi connectivity index (χ2v) is 5.31. The van der Waals surface area contributed by atoms with Crippen LogP contribution in [-0.2, 0) is 4.79 Å². The number of carbonyl (C=O) groups excluding carboxylic acids is 1. The molecule has 0 radical (unpaired) electrons. The summed E-state index contributed by atoms with van der Waals surface area (Å²) in [4.78, 5) is 14.4. The van der Waals surface area contributed by atoms with Gasteiger partial charge in [-0.2, -0.15) is 0 Å². The fourth-order valence-electron chi connectivity index (χ4n) is 2.54. The molecule has 3 heteroatoms. The van der Waals surface area contributed by atoms with E-state index in [9.17, 15) is 4.79 Å². The van der Waals surface area contributed by atoms with Crippen molar-refractivity contribution in [2.24, 2.45) is 5.92 Å². The molecule has 0 saturated heterocycles. The van der Waals surface area contributed by atoms with E-state index in [2.05, 4.69) is 4.90 Å². The molecule has 1 saturated carbocycles. The van der Waals surface area contributed by atoms with Crippen LogP contribution in [0.25, 0.3) is 6.08 Å². The number of hydrogen-bond donors (Lipinski definition) is 0. The van der Waals surface area contributed by atoms with Gasteiger partial charge < -0.3 is 9.64 Å². The number of allylic oxidation sites excluding steroid dienone is 1. The Morgan fingerprint density at radius 3 is 2.89 bits per heavy atom. The van der Waals surface area contributed by atoms with Gasteiger partial charge in [-0.1, -0.05) is 12.1 Å². The summed E-state index contributed by atoms with van der Waals surface area (Å²) in [6, 6.07) is 7.82. The van der Waals surface area contributed by atoms with E-state index in [1.54, 1.807) is 7.11 Å². The zero-order valence-electron chi connectivity index (χ0n) is 11.8. The summed E-state index contributed by atoms with van der Waals surface area (Å²) in [7, 11) is 5.67. The van der Waals surface area contributed by atoms with Gasteiger partial charge in [0.05, 0.1) is 7.11 Å². The Morgan fingerprint density at radius 2 is 2.21 bits per heavy atom. The number of Topliss-reactive ketones (excluding diaryl/α,β-unsaturated/α-hetero) is 1. The Hall–Kier alpha value is -1.61. The average molecular weight is 259 g/mol. The maximum absolute atomic E-state index is 12.3. The second-order valence-electron chi connectivity index (χ2n) is 5.31. The quantitative estimate of drug-likeness (QED) is 0.778. The van der Waals surface area contributed by atoms with E-state index in [0.717, 1.165) is 36.3 Å². The minimum absolute atomic E-state index is 0.159. The smallest absolute Gasteiger partial charge is 0.163 e. The minimum Gasteiger partial charge on any atom is -0.497 e. The molecule has 19 heavy (non-hydrogen) atoms. The van der Waals surface area contributed by atoms with Gasteiger partial charge in [0, 0.05) is 12.5 Å². The summed E-state index contributed by atoms with van der Waals surface area (Å²) in [6.45, 7) is 0.842. The monoisotopic (exact) mass is 259 g/mol. The van der Waals surface area contributed by atoms with Gasteiger partial charge in [-0.05, 0) is 56.3 Å². The van der Waals surface area contributed by atoms with Crippen LogP contribution in [0.2, 0.25) is 0 Å². The molecule has 0 aliphatic heterocycles. The lowest BCUT2D eigenvalue weighted by molar-refractivity contribution is -0.118. The Kier molecular flexibility index (Phi) is 4.38. The first-order valence-corrected chi connectivity index (χ1v) is 6.63. The van der Waals surface area contributed by atoms with Gasteiger partial charge >= 0.3 is 0 Å². The van der Waals surface area contributed by atoms with Crippen molar-refractivity contribution >= 4 is 11.9 Å². The van der Waals surface area contributed by atoms with Crippen molar-refractivity contribution in [1.29, 1.82) is 0 Å². The van der Waals surface area contributed by atoms with Crippen LogP contribution >= 0.6 is 0 Å². The van der Waals surface area contributed by atoms with Crippen LogP contribution in [0.5, 0.6) is 5.75 Å². The largest absolute Gasteiger partial charge is 0.497 e. The van der Waals surface area contributed by atoms with E-state index in [1.807, 2.05) is 44.4 Å². The molecule has 0 bridgehead atoms. The van der Waals surface area contributed by atoms with E-state index < -0.39 is 0 Å². The Labute approximate surface area is 114 Å². The summed E-state index contributed by atoms with van der Waals surface area (Å²) in [5, 5.41) is 0. The molecule has 2 rings (SSSR count). The Bertz CT molecular complexity index is 491. The molecule has 1 aliphatic rings. The molecule has 0 N–H and O–H groups in total. The first-order valence-electron chi connectivity index (χ1n) is 6.63. The lowest BCUT2D eigenvalue weighted by Crippen LogP contribution is -2.24. The molecule has 1 atom stereocenters. The highest BCUT2D eigenvalue weighted by Gasteiger charge is 2.29. The molecule has 1 aliphatic carbocycles. The highest BCUT2D eigenvalue weighted by Crippen LogP contribution is 2.29. The number of carbonyl (C=O) groups is 1. The van der Waals surface area contributed by atoms with E-state index in [1.165, 1.54) is 0 Å². The van der Waals surface area contributed by atoms with E-state index in [-0.39, 0.29) is 5.92 Å². The molecule has 1 aromatic carbocycles. The summed E-state index contributed by atoms with van der Waals surface area (Å²) in [5.74, 6) is 1.29. The van der Waals surface area contributed by atoms with Gasteiger partial charge in [-0.15, -0.1) is 0 Å². The van der Waals surface area contributed by atoms with E-state index >= 15 is 0 Å². The summed E-state index contributed by atoms with van der Waals surface area (Å²) in [6.07, 6.45) is 3.85. The first kappa shape index (κ1) is 13.8. The van der Waals surface area contributed by atoms with Gasteiger partial charge in [-0.25, -0.2) is 0 Å². The Morgan fingerprint density at radius 1 is 1.42 bits per heavy atom. The Balaban J connectivity index is 2.14. The molecule has 0 aromatic heterocycles. The molecule has 0 unspecified atom stereocenters. The topological polar surface area (TPSA) is 29.5 Å². The summed E-state index contributed by atoms with van der Waals surface area (Å²) < 4.78 is 5.20. The second kappa shape index (κ2) is 6.02. The van der Waals surface area contributed by atoms with Crippen LogP contribution in [0.4, 0.5) is 0 Å². The van der Waals surface area contributed by atoms with Crippen LogP contribution in [0.15, 0.2) is 29.8 Å². The van der Waals surface area contributed by atoms with Gasteiger partial charge in [-0.3, -0.25) is 4.79 Å². The fourth-order valence-corrected chi connectivity index (χ4v) is 2.54. The fraction of sp³-hybridized carbons (Fsp3) is 0.438. The number of methoxy groups -OCH3 is 1. The first-order chi connectivity index (χ1) is 9.10. The number of benzene rings is 1. The third kappa shape index (κ3) is 3.44. The lowest BCUT2D eigenvalue weighted by atomic mass is 10.0. The standard InChI is InChI=1S/C16H21NO2/c1-17(2)11-14-8-7-13(16(14)18)9-12-5-4-6-15(10-12)19-3/h4-6,9-10,14H,7-8,11H2,1-3H3/b13-9-/t14-/m0/s1. The van der Waals surface area contributed by atoms with Gasteiger partial charge in [0.1, 0.15) is 5.75 Å². The molecule has 3 nitrogen and oxygen atoms in total. The predicted octanol–water partition coefficient (Wildman–Crippen LogP) is 2.62. The zero-order valence-corrected chi connectivity index (χ0v) is 11.8. The molecule has 0 spiro atoms. The third-order valence-corrected chi connectivity index (χ3v) is 3.47. The highest BCUT2D eigenvalue weighted by molar-refractivity contribution is 6.03. The molecule has 1 aromatic rings. The van der Waals surface area contributed by atoms with Crippen molar-refractivity contribution in [2.45, 2.75) is 12.8 Å². The summed E-state index contributed by atoms with van der Waals surface area (Å²) >= 11 is 0. The maximum Gasteiger partial charge on any atom is 0.163 e. The highest BCUT2D eigenvalue weighted by atomic mass is 16.5. The molecular weight excluding hydrogens is 238 g/mol. The van der Waals surface area contributed by atoms with E-state index in [4.69, 9.17) is 4.74 Å². The molecule has 1 fully saturated rings. The lowest BCUT2D eigenvalue weighted by Gasteiger charge is -2.13. The molecule has 0 heterocycles. The van der Waals surface area contributed by atoms with Gasteiger partial charge in [0.2, 0.25) is 0 Å². The van der Waals surface area contributed by atoms with Crippen molar-refractivity contribution in [3.63, 3.8) is 0 Å². The van der Waals surface area contributed by atoms with Crippen molar-refractivity contribution in [3.8, 4) is 5.75 Å². The number of ether oxygens (including phenoxy) is 1. The maximum atomic E-state index is 12.3. The van der Waals surface area contributed by atoms with Crippen LogP contribution in [-0.4, -0.2) is 38.4 Å². The zero-order chi connectivity index (χ0) is 13.8. The SMILES string of the molecule is COc1cccc(/C=C2/CC[C@@H](CN(C)C)C2=O)c1. The van der Waals surface area contributed by atoms with Crippen LogP contribution in [0.3, 0.4) is 0 Å². The molecule has 0 amide bonds. The number of nitrogens with zero attached hydrogens (tertiary/aromatic N) is 1. The summed E-state index contributed by atoms with van der Waals surface area (Å²) in [5.41, 5.74) is 1.98. The third-order valence-electron chi connectivity index (χ3n) is 3.47. The van der Waals surface area contributed by atoms with Crippen molar-refractivity contribution in [3.05, 3.63) is 35.4 Å².